The van der Waals surface area contributed by atoms with Crippen molar-refractivity contribution >= 4 is 32.7 Å². The number of hydrogen-bond acceptors (Lipinski definition) is 5. The molecule has 0 bridgehead atoms. The van der Waals surface area contributed by atoms with Crippen molar-refractivity contribution in [2.75, 3.05) is 31.6 Å². The number of aryl methyl sites for hydroxylation is 2. The Bertz CT molecular complexity index is 1120. The van der Waals surface area contributed by atoms with Gasteiger partial charge in [0.15, 0.2) is 5.82 Å². The molecule has 0 saturated carbocycles. The lowest BCUT2D eigenvalue weighted by atomic mass is 9.98. The van der Waals surface area contributed by atoms with Crippen LogP contribution in [-0.4, -0.2) is 58.5 Å². The number of nitrogens with zero attached hydrogens (tertiary/aromatic N) is 3. The van der Waals surface area contributed by atoms with Crippen molar-refractivity contribution in [3.05, 3.63) is 39.7 Å². The van der Waals surface area contributed by atoms with E-state index in [-0.39, 0.29) is 11.9 Å². The van der Waals surface area contributed by atoms with Crippen molar-refractivity contribution in [3.63, 3.8) is 0 Å². The summed E-state index contributed by atoms with van der Waals surface area (Å²) in [4.78, 5) is 7.33. The van der Waals surface area contributed by atoms with Crippen molar-refractivity contribution in [1.82, 2.24) is 20.1 Å². The lowest BCUT2D eigenvalue weighted by Gasteiger charge is -2.39. The zero-order chi connectivity index (χ0) is 22.2. The molecule has 0 amide bonds. The number of aromatic amines is 1. The summed E-state index contributed by atoms with van der Waals surface area (Å²) in [5.74, 6) is 0.388. The Morgan fingerprint density at radius 2 is 2.00 bits per heavy atom. The molecule has 2 aliphatic rings. The van der Waals surface area contributed by atoms with E-state index in [4.69, 9.17) is 9.72 Å². The highest BCUT2D eigenvalue weighted by Crippen LogP contribution is 2.37. The van der Waals surface area contributed by atoms with Crippen LogP contribution in [0.1, 0.15) is 36.9 Å². The number of benzene rings is 1. The van der Waals surface area contributed by atoms with Crippen LogP contribution in [0.4, 0.5) is 10.2 Å². The first kappa shape index (κ1) is 21.8. The van der Waals surface area contributed by atoms with Gasteiger partial charge in [-0.1, -0.05) is 15.9 Å². The van der Waals surface area contributed by atoms with Crippen molar-refractivity contribution < 1.29 is 9.13 Å². The number of halogens is 2. The predicted octanol–water partition coefficient (Wildman–Crippen LogP) is 5.20. The summed E-state index contributed by atoms with van der Waals surface area (Å²) >= 11 is 3.42. The van der Waals surface area contributed by atoms with Gasteiger partial charge < -0.3 is 10.1 Å². The summed E-state index contributed by atoms with van der Waals surface area (Å²) in [5, 5.41) is 12.0. The zero-order valence-corrected chi connectivity index (χ0v) is 20.1. The number of nitrogens with one attached hydrogen (secondary N) is 2. The summed E-state index contributed by atoms with van der Waals surface area (Å²) in [6, 6.07) is 6.25. The summed E-state index contributed by atoms with van der Waals surface area (Å²) in [5.41, 5.74) is 4.10. The Balaban J connectivity index is 1.45. The summed E-state index contributed by atoms with van der Waals surface area (Å²) in [6.45, 7) is 7.82. The third kappa shape index (κ3) is 4.28. The molecule has 2 aromatic heterocycles. The lowest BCUT2D eigenvalue weighted by Crippen LogP contribution is -2.47. The number of likely N-dealkylation sites (tertiary alicyclic amines) is 1. The van der Waals surface area contributed by atoms with Crippen LogP contribution in [0.2, 0.25) is 0 Å². The molecule has 1 aromatic carbocycles. The smallest absolute Gasteiger partial charge is 0.150 e. The van der Waals surface area contributed by atoms with E-state index in [0.29, 0.717) is 21.8 Å². The van der Waals surface area contributed by atoms with Crippen LogP contribution < -0.4 is 5.32 Å². The van der Waals surface area contributed by atoms with Crippen molar-refractivity contribution in [2.24, 2.45) is 0 Å². The topological polar surface area (TPSA) is 66.1 Å². The number of aromatic nitrogens is 3. The maximum absolute atomic E-state index is 14.8. The minimum Gasteiger partial charge on any atom is -0.380 e. The number of fused-ring (bicyclic) bond motifs is 1. The fourth-order valence-corrected chi connectivity index (χ4v) is 5.45. The van der Waals surface area contributed by atoms with Gasteiger partial charge in [0.2, 0.25) is 0 Å². The molecule has 5 rings (SSSR count). The molecular formula is C24H29BrFN5O. The molecule has 6 nitrogen and oxygen atoms in total. The molecule has 3 aromatic rings. The van der Waals surface area contributed by atoms with E-state index in [2.05, 4.69) is 36.3 Å². The Labute approximate surface area is 196 Å². The quantitative estimate of drug-likeness (QED) is 0.514. The van der Waals surface area contributed by atoms with Gasteiger partial charge in [0.05, 0.1) is 12.3 Å². The van der Waals surface area contributed by atoms with E-state index in [1.54, 1.807) is 0 Å². The summed E-state index contributed by atoms with van der Waals surface area (Å²) < 4.78 is 21.2. The van der Waals surface area contributed by atoms with Gasteiger partial charge in [-0.2, -0.15) is 5.10 Å². The maximum atomic E-state index is 14.8. The Kier molecular flexibility index (Phi) is 6.18. The lowest BCUT2D eigenvalue weighted by molar-refractivity contribution is 0.00987. The molecule has 1 atom stereocenters. The average Bonchev–Trinajstić information content (AvgIpc) is 3.21. The molecule has 32 heavy (non-hydrogen) atoms. The van der Waals surface area contributed by atoms with E-state index in [1.165, 1.54) is 12.5 Å². The Morgan fingerprint density at radius 3 is 2.69 bits per heavy atom. The molecule has 0 radical (unpaired) electrons. The molecule has 0 aliphatic carbocycles. The highest BCUT2D eigenvalue weighted by atomic mass is 79.9. The number of pyridine rings is 1. The van der Waals surface area contributed by atoms with Crippen LogP contribution in [0.15, 0.2) is 22.7 Å². The monoisotopic (exact) mass is 501 g/mol. The van der Waals surface area contributed by atoms with E-state index >= 15 is 0 Å². The molecule has 0 spiro atoms. The predicted molar refractivity (Wildman–Crippen MR) is 129 cm³/mol. The molecular weight excluding hydrogens is 473 g/mol. The molecule has 8 heteroatoms. The van der Waals surface area contributed by atoms with E-state index in [0.717, 1.165) is 73.5 Å². The summed E-state index contributed by atoms with van der Waals surface area (Å²) in [6.07, 6.45) is 4.42. The van der Waals surface area contributed by atoms with E-state index in [9.17, 15) is 4.39 Å². The van der Waals surface area contributed by atoms with Gasteiger partial charge in [0.1, 0.15) is 11.3 Å². The fraction of sp³-hybridized carbons (Fsp3) is 0.500. The number of H-pyrrole nitrogens is 1. The molecule has 2 N–H and O–H groups in total. The molecule has 0 unspecified atom stereocenters. The van der Waals surface area contributed by atoms with Crippen LogP contribution in [0.5, 0.6) is 0 Å². The van der Waals surface area contributed by atoms with Gasteiger partial charge in [-0.05, 0) is 63.3 Å². The number of ether oxygens (including phenoxy) is 1. The van der Waals surface area contributed by atoms with Crippen molar-refractivity contribution in [1.29, 1.82) is 0 Å². The second-order valence-corrected chi connectivity index (χ2v) is 9.92. The molecule has 2 saturated heterocycles. The average molecular weight is 502 g/mol. The largest absolute Gasteiger partial charge is 0.380 e. The van der Waals surface area contributed by atoms with E-state index < -0.39 is 0 Å². The first-order valence-electron chi connectivity index (χ1n) is 11.4. The van der Waals surface area contributed by atoms with Crippen LogP contribution in [0.3, 0.4) is 0 Å². The maximum Gasteiger partial charge on any atom is 0.150 e. The second-order valence-electron chi connectivity index (χ2n) is 9.01. The third-order valence-corrected chi connectivity index (χ3v) is 7.21. The SMILES string of the molecule is Cc1cc(-c2c(NC3CCN([C@@H]4CCCOC4)CC3)nc3c(F)cc(Br)cc3c2C)n[nH]1. The van der Waals surface area contributed by atoms with Crippen LogP contribution in [-0.2, 0) is 4.74 Å². The minimum atomic E-state index is -0.322. The van der Waals surface area contributed by atoms with Crippen LogP contribution in [0.25, 0.3) is 22.2 Å². The van der Waals surface area contributed by atoms with Gasteiger partial charge >= 0.3 is 0 Å². The highest BCUT2D eigenvalue weighted by molar-refractivity contribution is 9.10. The van der Waals surface area contributed by atoms with Gasteiger partial charge in [-0.15, -0.1) is 0 Å². The third-order valence-electron chi connectivity index (χ3n) is 6.75. The van der Waals surface area contributed by atoms with Gasteiger partial charge in [-0.25, -0.2) is 9.37 Å². The first-order valence-corrected chi connectivity index (χ1v) is 12.2. The van der Waals surface area contributed by atoms with Gasteiger partial charge in [-0.3, -0.25) is 10.00 Å². The number of piperidine rings is 1. The van der Waals surface area contributed by atoms with Crippen molar-refractivity contribution in [3.8, 4) is 11.3 Å². The number of hydrogen-bond donors (Lipinski definition) is 2. The molecule has 170 valence electrons. The fourth-order valence-electron chi connectivity index (χ4n) is 5.02. The Hall–Kier alpha value is -2.03. The Morgan fingerprint density at radius 1 is 1.19 bits per heavy atom. The minimum absolute atomic E-state index is 0.289. The molecule has 4 heterocycles. The van der Waals surface area contributed by atoms with Crippen LogP contribution >= 0.6 is 15.9 Å². The molecule has 2 fully saturated rings. The zero-order valence-electron chi connectivity index (χ0n) is 18.5. The van der Waals surface area contributed by atoms with Crippen molar-refractivity contribution in [2.45, 2.75) is 51.6 Å². The van der Waals surface area contributed by atoms with Gasteiger partial charge in [0.25, 0.3) is 0 Å². The van der Waals surface area contributed by atoms with Crippen LogP contribution in [0, 0.1) is 19.7 Å². The first-order chi connectivity index (χ1) is 15.5. The highest BCUT2D eigenvalue weighted by Gasteiger charge is 2.28. The number of rotatable bonds is 4. The van der Waals surface area contributed by atoms with Gasteiger partial charge in [0, 0.05) is 52.9 Å². The molecule has 2 aliphatic heterocycles. The van der Waals surface area contributed by atoms with E-state index in [1.807, 2.05) is 26.0 Å². The summed E-state index contributed by atoms with van der Waals surface area (Å²) in [7, 11) is 0. The normalized spacial score (nSPS) is 20.7. The number of anilines is 1. The second kappa shape index (κ2) is 9.08. The standard InChI is InChI=1S/C24H29BrFN5O/c1-14-10-21(30-29-14)22-15(2)19-11-16(25)12-20(26)23(19)28-24(22)27-17-5-7-31(8-6-17)18-4-3-9-32-13-18/h10-12,17-18H,3-9,13H2,1-2H3,(H,27,28)(H,29,30)/t18-/m1/s1.